The molecule has 116 valence electrons. The molecule has 20 heavy (non-hydrogen) atoms. The molecule has 0 aliphatic heterocycles. The van der Waals surface area contributed by atoms with Gasteiger partial charge in [-0.25, -0.2) is 18.0 Å². The Bertz CT molecular complexity index is 484. The Morgan fingerprint density at radius 1 is 1.20 bits per heavy atom. The highest BCUT2D eigenvalue weighted by Crippen LogP contribution is 2.20. The van der Waals surface area contributed by atoms with Gasteiger partial charge in [0.1, 0.15) is 13.2 Å². The van der Waals surface area contributed by atoms with E-state index in [-0.39, 0.29) is 12.2 Å². The maximum Gasteiger partial charge on any atom is 0.508 e. The number of carbonyl (C=O) groups is 2. The molecule has 0 bridgehead atoms. The van der Waals surface area contributed by atoms with E-state index in [1.807, 2.05) is 0 Å². The fraction of sp³-hybridized carbons (Fsp3) is 0.556. The SMILES string of the molecule is C=C(C)C(=O)OCCOC(=O)OCC(F)(F)S(=O)(=O)[O-]. The van der Waals surface area contributed by atoms with Gasteiger partial charge in [0.15, 0.2) is 16.7 Å². The minimum atomic E-state index is -5.94. The molecule has 0 unspecified atom stereocenters. The van der Waals surface area contributed by atoms with Gasteiger partial charge in [0.05, 0.1) is 0 Å². The largest absolute Gasteiger partial charge is 0.743 e. The van der Waals surface area contributed by atoms with E-state index in [9.17, 15) is 31.3 Å². The van der Waals surface area contributed by atoms with Crippen molar-refractivity contribution >= 4 is 22.2 Å². The van der Waals surface area contributed by atoms with Crippen molar-refractivity contribution in [2.45, 2.75) is 12.2 Å². The zero-order valence-corrected chi connectivity index (χ0v) is 11.1. The van der Waals surface area contributed by atoms with Gasteiger partial charge in [0.25, 0.3) is 0 Å². The third-order valence-corrected chi connectivity index (χ3v) is 2.46. The van der Waals surface area contributed by atoms with Crippen LogP contribution in [0.2, 0.25) is 0 Å². The molecule has 0 radical (unpaired) electrons. The lowest BCUT2D eigenvalue weighted by molar-refractivity contribution is -0.140. The minimum Gasteiger partial charge on any atom is -0.743 e. The summed E-state index contributed by atoms with van der Waals surface area (Å²) in [6.07, 6.45) is -1.64. The van der Waals surface area contributed by atoms with Gasteiger partial charge >= 0.3 is 17.4 Å². The van der Waals surface area contributed by atoms with Crippen LogP contribution in [0.15, 0.2) is 12.2 Å². The Kier molecular flexibility index (Phi) is 6.52. The van der Waals surface area contributed by atoms with E-state index in [2.05, 4.69) is 20.8 Å². The number of halogens is 2. The molecule has 0 heterocycles. The van der Waals surface area contributed by atoms with Crippen molar-refractivity contribution in [1.29, 1.82) is 0 Å². The summed E-state index contributed by atoms with van der Waals surface area (Å²) in [5.41, 5.74) is 0.105. The molecule has 0 atom stereocenters. The maximum atomic E-state index is 12.6. The number of hydrogen-bond donors (Lipinski definition) is 0. The fourth-order valence-electron chi connectivity index (χ4n) is 0.639. The number of alkyl halides is 2. The molecule has 0 amide bonds. The number of rotatable bonds is 7. The quantitative estimate of drug-likeness (QED) is 0.286. The molecular formula is C9H11F2O8S-. The van der Waals surface area contributed by atoms with Crippen molar-refractivity contribution in [2.24, 2.45) is 0 Å². The molecule has 0 saturated heterocycles. The van der Waals surface area contributed by atoms with Crippen LogP contribution in [0.1, 0.15) is 6.92 Å². The van der Waals surface area contributed by atoms with Gasteiger partial charge in [-0.05, 0) is 6.92 Å². The second kappa shape index (κ2) is 7.14. The summed E-state index contributed by atoms with van der Waals surface area (Å²) in [6.45, 7) is 1.80. The summed E-state index contributed by atoms with van der Waals surface area (Å²) < 4.78 is 67.7. The molecule has 0 fully saturated rings. The predicted octanol–water partition coefficient (Wildman–Crippen LogP) is 0.397. The van der Waals surface area contributed by atoms with Crippen molar-refractivity contribution in [1.82, 2.24) is 0 Å². The first-order valence-electron chi connectivity index (χ1n) is 4.93. The lowest BCUT2D eigenvalue weighted by atomic mass is 10.4. The smallest absolute Gasteiger partial charge is 0.508 e. The van der Waals surface area contributed by atoms with Gasteiger partial charge in [-0.2, -0.15) is 8.78 Å². The highest BCUT2D eigenvalue weighted by molar-refractivity contribution is 7.86. The van der Waals surface area contributed by atoms with E-state index >= 15 is 0 Å². The topological polar surface area (TPSA) is 119 Å². The molecule has 0 aliphatic rings. The average Bonchev–Trinajstić information content (AvgIpc) is 2.30. The zero-order chi connectivity index (χ0) is 16.0. The van der Waals surface area contributed by atoms with Crippen LogP contribution in [0.3, 0.4) is 0 Å². The van der Waals surface area contributed by atoms with Crippen LogP contribution in [-0.4, -0.2) is 50.2 Å². The normalized spacial score (nSPS) is 11.6. The van der Waals surface area contributed by atoms with Gasteiger partial charge in [-0.3, -0.25) is 0 Å². The van der Waals surface area contributed by atoms with Crippen LogP contribution in [0.5, 0.6) is 0 Å². The Morgan fingerprint density at radius 2 is 1.70 bits per heavy atom. The van der Waals surface area contributed by atoms with E-state index in [0.717, 1.165) is 0 Å². The minimum absolute atomic E-state index is 0.105. The van der Waals surface area contributed by atoms with Crippen molar-refractivity contribution in [3.05, 3.63) is 12.2 Å². The van der Waals surface area contributed by atoms with Crippen molar-refractivity contribution < 1.29 is 45.6 Å². The average molecular weight is 317 g/mol. The Morgan fingerprint density at radius 3 is 2.15 bits per heavy atom. The van der Waals surface area contributed by atoms with Crippen LogP contribution >= 0.6 is 0 Å². The summed E-state index contributed by atoms with van der Waals surface area (Å²) in [5, 5.41) is -4.75. The first kappa shape index (κ1) is 18.2. The second-order valence-corrected chi connectivity index (χ2v) is 4.90. The Balaban J connectivity index is 3.97. The first-order chi connectivity index (χ1) is 8.97. The zero-order valence-electron chi connectivity index (χ0n) is 10.3. The van der Waals surface area contributed by atoms with Crippen LogP contribution in [0, 0.1) is 0 Å². The van der Waals surface area contributed by atoms with Crippen molar-refractivity contribution in [2.75, 3.05) is 19.8 Å². The molecule has 0 N–H and O–H groups in total. The highest BCUT2D eigenvalue weighted by atomic mass is 32.2. The second-order valence-electron chi connectivity index (χ2n) is 3.39. The van der Waals surface area contributed by atoms with Crippen LogP contribution in [-0.2, 0) is 29.1 Å². The number of esters is 1. The number of carbonyl (C=O) groups excluding carboxylic acids is 2. The van der Waals surface area contributed by atoms with Crippen molar-refractivity contribution in [3.8, 4) is 0 Å². The van der Waals surface area contributed by atoms with E-state index in [0.29, 0.717) is 0 Å². The summed E-state index contributed by atoms with van der Waals surface area (Å²) in [4.78, 5) is 21.6. The van der Waals surface area contributed by atoms with Gasteiger partial charge in [-0.15, -0.1) is 0 Å². The lowest BCUT2D eigenvalue weighted by Gasteiger charge is -2.19. The highest BCUT2D eigenvalue weighted by Gasteiger charge is 2.39. The molecule has 0 saturated carbocycles. The molecule has 0 aromatic heterocycles. The van der Waals surface area contributed by atoms with Gasteiger partial charge < -0.3 is 18.8 Å². The Labute approximate surface area is 113 Å². The molecule has 11 heteroatoms. The molecule has 0 rings (SSSR count). The summed E-state index contributed by atoms with van der Waals surface area (Å²) >= 11 is 0. The van der Waals surface area contributed by atoms with Crippen LogP contribution < -0.4 is 0 Å². The number of hydrogen-bond acceptors (Lipinski definition) is 8. The standard InChI is InChI=1S/C9H12F2O8S/c1-6(2)7(12)17-3-4-18-8(13)19-5-9(10,11)20(14,15)16/h1,3-5H2,2H3,(H,14,15,16)/p-1. The van der Waals surface area contributed by atoms with E-state index in [1.165, 1.54) is 6.92 Å². The van der Waals surface area contributed by atoms with Crippen LogP contribution in [0.4, 0.5) is 13.6 Å². The molecule has 0 aromatic carbocycles. The van der Waals surface area contributed by atoms with E-state index in [4.69, 9.17) is 0 Å². The Hall–Kier alpha value is -1.75. The third-order valence-electron chi connectivity index (χ3n) is 1.61. The fourth-order valence-corrected chi connectivity index (χ4v) is 0.843. The molecule has 0 aliphatic carbocycles. The monoisotopic (exact) mass is 317 g/mol. The summed E-state index contributed by atoms with van der Waals surface area (Å²) in [5.74, 6) is -0.744. The van der Waals surface area contributed by atoms with Gasteiger partial charge in [0.2, 0.25) is 0 Å². The van der Waals surface area contributed by atoms with Crippen molar-refractivity contribution in [3.63, 3.8) is 0 Å². The third kappa shape index (κ3) is 6.43. The molecule has 8 nitrogen and oxygen atoms in total. The number of ether oxygens (including phenoxy) is 3. The summed E-state index contributed by atoms with van der Waals surface area (Å²) in [6, 6.07) is 0. The maximum absolute atomic E-state index is 12.6. The van der Waals surface area contributed by atoms with E-state index in [1.54, 1.807) is 0 Å². The van der Waals surface area contributed by atoms with E-state index < -0.39 is 40.7 Å². The lowest BCUT2D eigenvalue weighted by Crippen LogP contribution is -2.35. The summed E-state index contributed by atoms with van der Waals surface area (Å²) in [7, 11) is -5.94. The first-order valence-corrected chi connectivity index (χ1v) is 6.33. The van der Waals surface area contributed by atoms with Gasteiger partial charge in [-0.1, -0.05) is 6.58 Å². The van der Waals surface area contributed by atoms with Crippen LogP contribution in [0.25, 0.3) is 0 Å². The van der Waals surface area contributed by atoms with Gasteiger partial charge in [0, 0.05) is 5.57 Å². The molecular weight excluding hydrogens is 306 g/mol. The molecule has 0 spiro atoms. The predicted molar refractivity (Wildman–Crippen MR) is 57.7 cm³/mol. The molecule has 0 aromatic rings.